The van der Waals surface area contributed by atoms with Gasteiger partial charge in [-0.3, -0.25) is 9.69 Å². The van der Waals surface area contributed by atoms with Gasteiger partial charge in [0.05, 0.1) is 13.2 Å². The molecule has 31 heavy (non-hydrogen) atoms. The number of aliphatic hydroxyl groups is 1. The molecule has 2 aliphatic heterocycles. The van der Waals surface area contributed by atoms with Crippen molar-refractivity contribution in [2.75, 3.05) is 56.2 Å². The highest BCUT2D eigenvalue weighted by atomic mass is 16.5. The van der Waals surface area contributed by atoms with Crippen LogP contribution in [-0.2, 0) is 11.2 Å². The van der Waals surface area contributed by atoms with Crippen LogP contribution in [0.2, 0.25) is 0 Å². The van der Waals surface area contributed by atoms with Gasteiger partial charge in [0.15, 0.2) is 0 Å². The van der Waals surface area contributed by atoms with Gasteiger partial charge in [0.1, 0.15) is 5.75 Å². The van der Waals surface area contributed by atoms with Gasteiger partial charge in [-0.05, 0) is 54.3 Å². The molecule has 1 saturated heterocycles. The number of piperazine rings is 1. The van der Waals surface area contributed by atoms with Gasteiger partial charge in [-0.2, -0.15) is 0 Å². The molecule has 0 aliphatic carbocycles. The molecule has 6 heteroatoms. The van der Waals surface area contributed by atoms with Crippen molar-refractivity contribution < 1.29 is 14.6 Å². The maximum Gasteiger partial charge on any atom is 0.226 e. The van der Waals surface area contributed by atoms with E-state index < -0.39 is 6.10 Å². The Hall–Kier alpha value is -2.57. The molecule has 1 fully saturated rings. The molecule has 166 valence electrons. The Morgan fingerprint density at radius 2 is 1.81 bits per heavy atom. The quantitative estimate of drug-likeness (QED) is 0.773. The van der Waals surface area contributed by atoms with Gasteiger partial charge in [-0.25, -0.2) is 0 Å². The number of nitrogens with zero attached hydrogens (tertiary/aromatic N) is 3. The summed E-state index contributed by atoms with van der Waals surface area (Å²) in [4.78, 5) is 18.8. The summed E-state index contributed by atoms with van der Waals surface area (Å²) < 4.78 is 5.24. The van der Waals surface area contributed by atoms with Crippen molar-refractivity contribution >= 4 is 17.3 Å². The van der Waals surface area contributed by atoms with Crippen molar-refractivity contribution in [3.05, 3.63) is 53.6 Å². The molecule has 0 bridgehead atoms. The zero-order valence-electron chi connectivity index (χ0n) is 18.6. The van der Waals surface area contributed by atoms with E-state index in [9.17, 15) is 9.90 Å². The van der Waals surface area contributed by atoms with Crippen molar-refractivity contribution in [1.29, 1.82) is 0 Å². The first-order valence-corrected chi connectivity index (χ1v) is 11.3. The summed E-state index contributed by atoms with van der Waals surface area (Å²) in [5.74, 6) is 1.04. The van der Waals surface area contributed by atoms with E-state index in [0.717, 1.165) is 62.6 Å². The zero-order chi connectivity index (χ0) is 21.8. The zero-order valence-corrected chi connectivity index (χ0v) is 18.6. The van der Waals surface area contributed by atoms with E-state index in [4.69, 9.17) is 4.74 Å². The van der Waals surface area contributed by atoms with Crippen LogP contribution in [0.1, 0.15) is 37.0 Å². The molecule has 2 aromatic rings. The lowest BCUT2D eigenvalue weighted by molar-refractivity contribution is -0.118. The van der Waals surface area contributed by atoms with Crippen molar-refractivity contribution in [3.8, 4) is 5.75 Å². The fourth-order valence-corrected chi connectivity index (χ4v) is 4.61. The highest BCUT2D eigenvalue weighted by Crippen LogP contribution is 2.31. The second-order valence-electron chi connectivity index (χ2n) is 8.39. The topological polar surface area (TPSA) is 56.3 Å². The average molecular weight is 424 g/mol. The van der Waals surface area contributed by atoms with Crippen LogP contribution in [0.15, 0.2) is 42.5 Å². The highest BCUT2D eigenvalue weighted by molar-refractivity contribution is 5.94. The molecule has 0 unspecified atom stereocenters. The number of carbonyl (C=O) groups excluding carboxylic acids is 1. The van der Waals surface area contributed by atoms with E-state index in [1.165, 1.54) is 11.3 Å². The van der Waals surface area contributed by atoms with E-state index in [1.807, 2.05) is 36.1 Å². The molecule has 0 saturated carbocycles. The molecule has 0 radical (unpaired) electrons. The Morgan fingerprint density at radius 1 is 1.06 bits per heavy atom. The van der Waals surface area contributed by atoms with Gasteiger partial charge < -0.3 is 19.6 Å². The average Bonchev–Trinajstić information content (AvgIpc) is 2.83. The standard InChI is InChI=1S/C25H33N3O3/c1-3-25(30)28-12-4-5-19-17-20(6-11-23(19)28)24(29)18-26-13-15-27(16-14-26)21-7-9-22(31-2)10-8-21/h6-11,17,24,29H,3-5,12-16,18H2,1-2H3/t24-/m0/s1. The number of ether oxygens (including phenoxy) is 1. The van der Waals surface area contributed by atoms with E-state index in [0.29, 0.717) is 13.0 Å². The van der Waals surface area contributed by atoms with E-state index in [2.05, 4.69) is 28.0 Å². The summed E-state index contributed by atoms with van der Waals surface area (Å²) in [6.45, 7) is 7.06. The van der Waals surface area contributed by atoms with E-state index in [1.54, 1.807) is 7.11 Å². The summed E-state index contributed by atoms with van der Waals surface area (Å²) in [5.41, 5.74) is 4.35. The van der Waals surface area contributed by atoms with Gasteiger partial charge in [0.2, 0.25) is 5.91 Å². The fourth-order valence-electron chi connectivity index (χ4n) is 4.61. The Balaban J connectivity index is 1.35. The number of hydrogen-bond donors (Lipinski definition) is 1. The first-order valence-electron chi connectivity index (χ1n) is 11.3. The van der Waals surface area contributed by atoms with Gasteiger partial charge in [-0.15, -0.1) is 0 Å². The summed E-state index contributed by atoms with van der Waals surface area (Å²) in [7, 11) is 1.68. The number of aryl methyl sites for hydroxylation is 1. The normalized spacial score (nSPS) is 17.9. The number of carbonyl (C=O) groups is 1. The number of rotatable bonds is 6. The maximum absolute atomic E-state index is 12.2. The minimum Gasteiger partial charge on any atom is -0.497 e. The number of benzene rings is 2. The third-order valence-electron chi connectivity index (χ3n) is 6.45. The van der Waals surface area contributed by atoms with Gasteiger partial charge in [-0.1, -0.05) is 19.1 Å². The van der Waals surface area contributed by atoms with Crippen LogP contribution in [0.25, 0.3) is 0 Å². The fraction of sp³-hybridized carbons (Fsp3) is 0.480. The molecule has 2 aliphatic rings. The molecular formula is C25H33N3O3. The SMILES string of the molecule is CCC(=O)N1CCCc2cc([C@@H](O)CN3CCN(c4ccc(OC)cc4)CC3)ccc21. The predicted octanol–water partition coefficient (Wildman–Crippen LogP) is 3.24. The second-order valence-corrected chi connectivity index (χ2v) is 8.39. The molecule has 0 spiro atoms. The van der Waals surface area contributed by atoms with Crippen molar-refractivity contribution in [2.45, 2.75) is 32.3 Å². The van der Waals surface area contributed by atoms with Crippen LogP contribution >= 0.6 is 0 Å². The van der Waals surface area contributed by atoms with Crippen molar-refractivity contribution in [1.82, 2.24) is 4.90 Å². The van der Waals surface area contributed by atoms with Crippen LogP contribution < -0.4 is 14.5 Å². The van der Waals surface area contributed by atoms with E-state index in [-0.39, 0.29) is 5.91 Å². The van der Waals surface area contributed by atoms with Crippen molar-refractivity contribution in [2.24, 2.45) is 0 Å². The smallest absolute Gasteiger partial charge is 0.226 e. The highest BCUT2D eigenvalue weighted by Gasteiger charge is 2.24. The summed E-state index contributed by atoms with van der Waals surface area (Å²) in [5, 5.41) is 10.9. The van der Waals surface area contributed by atoms with Crippen LogP contribution in [0, 0.1) is 0 Å². The first-order chi connectivity index (χ1) is 15.1. The molecule has 1 N–H and O–H groups in total. The number of amides is 1. The van der Waals surface area contributed by atoms with Crippen LogP contribution in [0.4, 0.5) is 11.4 Å². The third kappa shape index (κ3) is 4.86. The van der Waals surface area contributed by atoms with Crippen molar-refractivity contribution in [3.63, 3.8) is 0 Å². The Morgan fingerprint density at radius 3 is 2.48 bits per heavy atom. The number of anilines is 2. The number of aliphatic hydroxyl groups excluding tert-OH is 1. The maximum atomic E-state index is 12.2. The van der Waals surface area contributed by atoms with E-state index >= 15 is 0 Å². The minimum absolute atomic E-state index is 0.170. The van der Waals surface area contributed by atoms with Gasteiger partial charge >= 0.3 is 0 Å². The number of hydrogen-bond acceptors (Lipinski definition) is 5. The Kier molecular flexibility index (Phi) is 6.78. The summed E-state index contributed by atoms with van der Waals surface area (Å²) >= 11 is 0. The lowest BCUT2D eigenvalue weighted by Gasteiger charge is -2.37. The van der Waals surface area contributed by atoms with Gasteiger partial charge in [0, 0.05) is 57.1 Å². The summed E-state index contributed by atoms with van der Waals surface area (Å²) in [6, 6.07) is 14.3. The molecule has 4 rings (SSSR count). The van der Waals surface area contributed by atoms with Crippen LogP contribution in [0.5, 0.6) is 5.75 Å². The van der Waals surface area contributed by atoms with Crippen LogP contribution in [-0.4, -0.2) is 62.3 Å². The molecular weight excluding hydrogens is 390 g/mol. The Bertz CT molecular complexity index is 891. The summed E-state index contributed by atoms with van der Waals surface area (Å²) in [6.07, 6.45) is 1.94. The third-order valence-corrected chi connectivity index (χ3v) is 6.45. The molecule has 0 aromatic heterocycles. The second kappa shape index (κ2) is 9.71. The number of β-amino-alcohol motifs (C(OH)–C–C–N with tert-alkyl or cyclic N) is 1. The lowest BCUT2D eigenvalue weighted by Crippen LogP contribution is -2.47. The lowest BCUT2D eigenvalue weighted by atomic mass is 9.96. The van der Waals surface area contributed by atoms with Crippen LogP contribution in [0.3, 0.4) is 0 Å². The molecule has 1 amide bonds. The predicted molar refractivity (Wildman–Crippen MR) is 124 cm³/mol. The largest absolute Gasteiger partial charge is 0.497 e. The molecule has 2 heterocycles. The molecule has 2 aromatic carbocycles. The number of methoxy groups -OCH3 is 1. The Labute approximate surface area is 185 Å². The number of fused-ring (bicyclic) bond motifs is 1. The monoisotopic (exact) mass is 423 g/mol. The molecule has 6 nitrogen and oxygen atoms in total. The molecule has 1 atom stereocenters. The minimum atomic E-state index is -0.518. The first kappa shape index (κ1) is 21.7. The van der Waals surface area contributed by atoms with Gasteiger partial charge in [0.25, 0.3) is 0 Å².